The van der Waals surface area contributed by atoms with Crippen molar-refractivity contribution in [3.8, 4) is 0 Å². The van der Waals surface area contributed by atoms with E-state index in [-0.39, 0.29) is 12.3 Å². The number of aliphatic hydroxyl groups is 2. The Morgan fingerprint density at radius 1 is 1.29 bits per heavy atom. The molecule has 2 rings (SSSR count). The molecule has 0 aromatic heterocycles. The van der Waals surface area contributed by atoms with Crippen molar-refractivity contribution in [3.05, 3.63) is 0 Å². The fourth-order valence-electron chi connectivity index (χ4n) is 3.16. The molecule has 1 aliphatic carbocycles. The summed E-state index contributed by atoms with van der Waals surface area (Å²) >= 11 is 0. The molecule has 0 radical (unpaired) electrons. The summed E-state index contributed by atoms with van der Waals surface area (Å²) < 4.78 is 5.52. The van der Waals surface area contributed by atoms with Crippen molar-refractivity contribution in [2.75, 3.05) is 0 Å². The summed E-state index contributed by atoms with van der Waals surface area (Å²) in [5, 5.41) is 21.2. The zero-order valence-electron chi connectivity index (χ0n) is 10.8. The Balaban J connectivity index is 2.34. The van der Waals surface area contributed by atoms with Gasteiger partial charge in [-0.15, -0.1) is 0 Å². The zero-order valence-corrected chi connectivity index (χ0v) is 10.8. The van der Waals surface area contributed by atoms with E-state index in [0.717, 1.165) is 19.3 Å². The summed E-state index contributed by atoms with van der Waals surface area (Å²) in [4.78, 5) is 12.0. The molecular weight excluding hydrogens is 220 g/mol. The molecule has 4 nitrogen and oxygen atoms in total. The lowest BCUT2D eigenvalue weighted by Crippen LogP contribution is -2.63. The molecule has 0 unspecified atom stereocenters. The van der Waals surface area contributed by atoms with Gasteiger partial charge in [0.25, 0.3) is 5.79 Å². The second-order valence-electron chi connectivity index (χ2n) is 6.18. The molecule has 2 aliphatic rings. The molecule has 1 saturated heterocycles. The second kappa shape index (κ2) is 3.77. The number of hydrogen-bond donors (Lipinski definition) is 2. The van der Waals surface area contributed by atoms with Crippen molar-refractivity contribution >= 4 is 5.78 Å². The third kappa shape index (κ3) is 1.83. The van der Waals surface area contributed by atoms with E-state index in [2.05, 4.69) is 0 Å². The molecule has 2 N–H and O–H groups in total. The summed E-state index contributed by atoms with van der Waals surface area (Å²) in [5.74, 6) is -2.53. The Kier molecular flexibility index (Phi) is 2.88. The SMILES string of the molecule is C[C@H]1CCCC[C@@]1(O)[C@]1(O)OC(C)(C)CC1=O. The van der Waals surface area contributed by atoms with Crippen molar-refractivity contribution in [2.24, 2.45) is 5.92 Å². The summed E-state index contributed by atoms with van der Waals surface area (Å²) in [6.07, 6.45) is 3.23. The molecule has 0 spiro atoms. The minimum Gasteiger partial charge on any atom is -0.383 e. The molecule has 0 aromatic rings. The molecule has 0 aromatic carbocycles. The fourth-order valence-corrected chi connectivity index (χ4v) is 3.16. The Morgan fingerprint density at radius 3 is 2.41 bits per heavy atom. The van der Waals surface area contributed by atoms with Crippen LogP contribution in [0.15, 0.2) is 0 Å². The van der Waals surface area contributed by atoms with Crippen molar-refractivity contribution in [1.82, 2.24) is 0 Å². The van der Waals surface area contributed by atoms with E-state index in [9.17, 15) is 15.0 Å². The van der Waals surface area contributed by atoms with Gasteiger partial charge in [-0.3, -0.25) is 4.79 Å². The average Bonchev–Trinajstić information content (AvgIpc) is 2.42. The van der Waals surface area contributed by atoms with Crippen LogP contribution in [0.25, 0.3) is 0 Å². The van der Waals surface area contributed by atoms with Crippen LogP contribution in [0.5, 0.6) is 0 Å². The Bertz CT molecular complexity index is 338. The number of rotatable bonds is 1. The van der Waals surface area contributed by atoms with E-state index in [4.69, 9.17) is 4.74 Å². The quantitative estimate of drug-likeness (QED) is 0.729. The van der Waals surface area contributed by atoms with Crippen LogP contribution < -0.4 is 0 Å². The van der Waals surface area contributed by atoms with Gasteiger partial charge in [0.15, 0.2) is 5.78 Å². The number of ketones is 1. The maximum Gasteiger partial charge on any atom is 0.257 e. The first-order valence-corrected chi connectivity index (χ1v) is 6.39. The zero-order chi connectivity index (χ0) is 12.9. The largest absolute Gasteiger partial charge is 0.383 e. The summed E-state index contributed by atoms with van der Waals surface area (Å²) in [6, 6.07) is 0. The van der Waals surface area contributed by atoms with Gasteiger partial charge in [0.1, 0.15) is 5.60 Å². The lowest BCUT2D eigenvalue weighted by atomic mass is 9.70. The lowest BCUT2D eigenvalue weighted by Gasteiger charge is -2.46. The van der Waals surface area contributed by atoms with Gasteiger partial charge >= 0.3 is 0 Å². The van der Waals surface area contributed by atoms with Gasteiger partial charge < -0.3 is 14.9 Å². The third-order valence-electron chi connectivity index (χ3n) is 4.24. The van der Waals surface area contributed by atoms with Crippen LogP contribution in [-0.4, -0.2) is 33.0 Å². The van der Waals surface area contributed by atoms with Crippen LogP contribution in [-0.2, 0) is 9.53 Å². The van der Waals surface area contributed by atoms with Crippen molar-refractivity contribution in [3.63, 3.8) is 0 Å². The molecule has 1 saturated carbocycles. The van der Waals surface area contributed by atoms with Crippen LogP contribution in [0.4, 0.5) is 0 Å². The highest BCUT2D eigenvalue weighted by molar-refractivity contribution is 5.89. The van der Waals surface area contributed by atoms with Crippen LogP contribution in [0, 0.1) is 5.92 Å². The molecule has 4 heteroatoms. The Hall–Kier alpha value is -0.450. The van der Waals surface area contributed by atoms with Crippen LogP contribution in [0.2, 0.25) is 0 Å². The van der Waals surface area contributed by atoms with Gasteiger partial charge in [0.05, 0.1) is 5.60 Å². The van der Waals surface area contributed by atoms with E-state index in [1.54, 1.807) is 13.8 Å². The van der Waals surface area contributed by atoms with Gasteiger partial charge in [-0.2, -0.15) is 0 Å². The van der Waals surface area contributed by atoms with E-state index in [1.165, 1.54) is 0 Å². The van der Waals surface area contributed by atoms with E-state index in [1.807, 2.05) is 6.92 Å². The molecule has 1 heterocycles. The van der Waals surface area contributed by atoms with Gasteiger partial charge in [-0.05, 0) is 32.6 Å². The minimum atomic E-state index is -2.02. The highest BCUT2D eigenvalue weighted by Crippen LogP contribution is 2.48. The van der Waals surface area contributed by atoms with Crippen molar-refractivity contribution in [1.29, 1.82) is 0 Å². The number of ether oxygens (including phenoxy) is 1. The van der Waals surface area contributed by atoms with E-state index >= 15 is 0 Å². The molecule has 17 heavy (non-hydrogen) atoms. The molecule has 3 atom stereocenters. The highest BCUT2D eigenvalue weighted by Gasteiger charge is 2.64. The lowest BCUT2D eigenvalue weighted by molar-refractivity contribution is -0.307. The number of Topliss-reactive ketones (excluding diaryl/α,β-unsaturated/α-hetero) is 1. The predicted octanol–water partition coefficient (Wildman–Crippen LogP) is 1.38. The van der Waals surface area contributed by atoms with Crippen molar-refractivity contribution in [2.45, 2.75) is 69.9 Å². The van der Waals surface area contributed by atoms with Gasteiger partial charge in [-0.1, -0.05) is 19.8 Å². The normalized spacial score (nSPS) is 46.2. The summed E-state index contributed by atoms with van der Waals surface area (Å²) in [7, 11) is 0. The first-order chi connectivity index (χ1) is 7.71. The van der Waals surface area contributed by atoms with Gasteiger partial charge in [-0.25, -0.2) is 0 Å². The van der Waals surface area contributed by atoms with Crippen molar-refractivity contribution < 1.29 is 19.7 Å². The second-order valence-corrected chi connectivity index (χ2v) is 6.18. The topological polar surface area (TPSA) is 66.8 Å². The van der Waals surface area contributed by atoms with E-state index < -0.39 is 22.8 Å². The molecule has 98 valence electrons. The molecular formula is C13H22O4. The van der Waals surface area contributed by atoms with E-state index in [0.29, 0.717) is 6.42 Å². The first kappa shape index (κ1) is 13.0. The predicted molar refractivity (Wildman–Crippen MR) is 62.3 cm³/mol. The molecule has 0 bridgehead atoms. The molecule has 2 fully saturated rings. The first-order valence-electron chi connectivity index (χ1n) is 6.39. The standard InChI is InChI=1S/C13H22O4/c1-9-6-4-5-7-12(9,15)13(16)10(14)8-11(2,3)17-13/h9,15-16H,4-8H2,1-3H3/t9-,12-,13+/m0/s1. The van der Waals surface area contributed by atoms with Gasteiger partial charge in [0, 0.05) is 6.42 Å². The van der Waals surface area contributed by atoms with Gasteiger partial charge in [0.2, 0.25) is 0 Å². The Labute approximate surface area is 102 Å². The number of carbonyl (C=O) groups excluding carboxylic acids is 1. The Morgan fingerprint density at radius 2 is 1.94 bits per heavy atom. The third-order valence-corrected chi connectivity index (χ3v) is 4.24. The summed E-state index contributed by atoms with van der Waals surface area (Å²) in [6.45, 7) is 5.40. The fraction of sp³-hybridized carbons (Fsp3) is 0.923. The van der Waals surface area contributed by atoms with Crippen LogP contribution in [0.1, 0.15) is 52.9 Å². The number of hydrogen-bond acceptors (Lipinski definition) is 4. The minimum absolute atomic E-state index is 0.126. The number of carbonyl (C=O) groups is 1. The smallest absolute Gasteiger partial charge is 0.257 e. The highest BCUT2D eigenvalue weighted by atomic mass is 16.7. The summed E-state index contributed by atoms with van der Waals surface area (Å²) in [5.41, 5.74) is -2.13. The van der Waals surface area contributed by atoms with Crippen LogP contribution in [0.3, 0.4) is 0 Å². The van der Waals surface area contributed by atoms with Crippen LogP contribution >= 0.6 is 0 Å². The monoisotopic (exact) mass is 242 g/mol. The maximum atomic E-state index is 12.0. The average molecular weight is 242 g/mol. The molecule has 0 amide bonds. The maximum absolute atomic E-state index is 12.0. The molecule has 1 aliphatic heterocycles.